The molecule has 0 radical (unpaired) electrons. The lowest BCUT2D eigenvalue weighted by atomic mass is 9.97. The summed E-state index contributed by atoms with van der Waals surface area (Å²) in [5.74, 6) is 0.222. The van der Waals surface area contributed by atoms with Gasteiger partial charge in [-0.15, -0.1) is 0 Å². The summed E-state index contributed by atoms with van der Waals surface area (Å²) < 4.78 is 4.89. The van der Waals surface area contributed by atoms with Crippen LogP contribution in [-0.2, 0) is 9.53 Å². The molecule has 0 spiro atoms. The Morgan fingerprint density at radius 2 is 2.00 bits per heavy atom. The van der Waals surface area contributed by atoms with Crippen molar-refractivity contribution in [3.05, 3.63) is 35.4 Å². The second-order valence-corrected chi connectivity index (χ2v) is 4.44. The number of ether oxygens (including phenoxy) is 1. The Bertz CT molecular complexity index is 374. The third-order valence-electron chi connectivity index (χ3n) is 2.70. The Labute approximate surface area is 103 Å². The molecule has 0 fully saturated rings. The van der Waals surface area contributed by atoms with Crippen LogP contribution in [0.4, 0.5) is 0 Å². The molecule has 1 aromatic carbocycles. The topological polar surface area (TPSA) is 52.3 Å². The third kappa shape index (κ3) is 4.19. The molecule has 1 aromatic rings. The molecule has 3 nitrogen and oxygen atoms in total. The van der Waals surface area contributed by atoms with Crippen molar-refractivity contribution in [1.29, 1.82) is 0 Å². The second kappa shape index (κ2) is 6.40. The Kier molecular flexibility index (Phi) is 5.16. The van der Waals surface area contributed by atoms with E-state index in [0.29, 0.717) is 12.5 Å². The van der Waals surface area contributed by atoms with Crippen molar-refractivity contribution in [3.8, 4) is 0 Å². The zero-order valence-corrected chi connectivity index (χ0v) is 10.8. The minimum absolute atomic E-state index is 0.232. The fraction of sp³-hybridized carbons (Fsp3) is 0.500. The van der Waals surface area contributed by atoms with E-state index in [4.69, 9.17) is 10.5 Å². The maximum Gasteiger partial charge on any atom is 0.307 e. The van der Waals surface area contributed by atoms with Gasteiger partial charge < -0.3 is 10.5 Å². The minimum Gasteiger partial charge on any atom is -0.466 e. The molecule has 2 N–H and O–H groups in total. The van der Waals surface area contributed by atoms with Crippen LogP contribution in [0.15, 0.2) is 24.3 Å². The van der Waals surface area contributed by atoms with Crippen LogP contribution >= 0.6 is 0 Å². The van der Waals surface area contributed by atoms with Gasteiger partial charge in [0.1, 0.15) is 0 Å². The molecule has 0 bridgehead atoms. The van der Waals surface area contributed by atoms with Gasteiger partial charge in [0.25, 0.3) is 0 Å². The number of esters is 1. The summed E-state index contributed by atoms with van der Waals surface area (Å²) in [6, 6.07) is 7.79. The summed E-state index contributed by atoms with van der Waals surface area (Å²) >= 11 is 0. The van der Waals surface area contributed by atoms with E-state index in [1.54, 1.807) is 6.92 Å². The van der Waals surface area contributed by atoms with Crippen molar-refractivity contribution >= 4 is 5.97 Å². The van der Waals surface area contributed by atoms with Crippen molar-refractivity contribution < 1.29 is 9.53 Å². The molecule has 17 heavy (non-hydrogen) atoms. The Morgan fingerprint density at radius 1 is 1.35 bits per heavy atom. The predicted octanol–water partition coefficient (Wildman–Crippen LogP) is 2.76. The number of rotatable bonds is 5. The van der Waals surface area contributed by atoms with Gasteiger partial charge in [-0.1, -0.05) is 38.1 Å². The maximum atomic E-state index is 11.3. The van der Waals surface area contributed by atoms with Gasteiger partial charge in [-0.3, -0.25) is 4.79 Å². The summed E-state index contributed by atoms with van der Waals surface area (Å²) in [6.07, 6.45) is 0.232. The van der Waals surface area contributed by atoms with Crippen LogP contribution in [0.3, 0.4) is 0 Å². The molecular formula is C14H21NO2. The first-order chi connectivity index (χ1) is 8.04. The monoisotopic (exact) mass is 235 g/mol. The van der Waals surface area contributed by atoms with Gasteiger partial charge >= 0.3 is 5.97 Å². The van der Waals surface area contributed by atoms with E-state index < -0.39 is 0 Å². The Morgan fingerprint density at radius 3 is 2.59 bits per heavy atom. The SMILES string of the molecule is CCOC(=O)C[C@@H](N)c1cccc(C(C)C)c1. The van der Waals surface area contributed by atoms with Crippen molar-refractivity contribution in [2.75, 3.05) is 6.61 Å². The summed E-state index contributed by atoms with van der Waals surface area (Å²) in [4.78, 5) is 11.3. The Hall–Kier alpha value is -1.35. The molecule has 0 aliphatic rings. The van der Waals surface area contributed by atoms with Crippen molar-refractivity contribution in [1.82, 2.24) is 0 Å². The predicted molar refractivity (Wildman–Crippen MR) is 68.7 cm³/mol. The van der Waals surface area contributed by atoms with Gasteiger partial charge in [0, 0.05) is 6.04 Å². The van der Waals surface area contributed by atoms with Gasteiger partial charge in [0.05, 0.1) is 13.0 Å². The summed E-state index contributed by atoms with van der Waals surface area (Å²) in [7, 11) is 0. The van der Waals surface area contributed by atoms with E-state index in [9.17, 15) is 4.79 Å². The molecule has 0 saturated carbocycles. The first kappa shape index (κ1) is 13.7. The number of nitrogens with two attached hydrogens (primary N) is 1. The first-order valence-corrected chi connectivity index (χ1v) is 6.05. The standard InChI is InChI=1S/C14H21NO2/c1-4-17-14(16)9-13(15)12-7-5-6-11(8-12)10(2)3/h5-8,10,13H,4,9,15H2,1-3H3/t13-/m1/s1. The van der Waals surface area contributed by atoms with Gasteiger partial charge in [-0.25, -0.2) is 0 Å². The van der Waals surface area contributed by atoms with E-state index in [0.717, 1.165) is 5.56 Å². The van der Waals surface area contributed by atoms with Crippen LogP contribution in [-0.4, -0.2) is 12.6 Å². The third-order valence-corrected chi connectivity index (χ3v) is 2.70. The highest BCUT2D eigenvalue weighted by atomic mass is 16.5. The van der Waals surface area contributed by atoms with Crippen molar-refractivity contribution in [2.45, 2.75) is 39.2 Å². The van der Waals surface area contributed by atoms with Gasteiger partial charge in [0.2, 0.25) is 0 Å². The zero-order valence-electron chi connectivity index (χ0n) is 10.8. The lowest BCUT2D eigenvalue weighted by molar-refractivity contribution is -0.143. The van der Waals surface area contributed by atoms with E-state index in [1.807, 2.05) is 12.1 Å². The first-order valence-electron chi connectivity index (χ1n) is 6.05. The van der Waals surface area contributed by atoms with E-state index in [2.05, 4.69) is 26.0 Å². The highest BCUT2D eigenvalue weighted by Crippen LogP contribution is 2.20. The minimum atomic E-state index is -0.284. The van der Waals surface area contributed by atoms with Crippen LogP contribution in [0.2, 0.25) is 0 Å². The van der Waals surface area contributed by atoms with E-state index >= 15 is 0 Å². The largest absolute Gasteiger partial charge is 0.466 e. The molecule has 0 amide bonds. The van der Waals surface area contributed by atoms with Crippen molar-refractivity contribution in [2.24, 2.45) is 5.73 Å². The van der Waals surface area contributed by atoms with Gasteiger partial charge in [-0.05, 0) is 24.0 Å². The molecule has 0 heterocycles. The van der Waals surface area contributed by atoms with Gasteiger partial charge in [0.15, 0.2) is 0 Å². The van der Waals surface area contributed by atoms with Crippen LogP contribution in [0.1, 0.15) is 50.3 Å². The number of carbonyl (C=O) groups excluding carboxylic acids is 1. The zero-order chi connectivity index (χ0) is 12.8. The number of hydrogen-bond donors (Lipinski definition) is 1. The summed E-state index contributed by atoms with van der Waals surface area (Å²) in [5, 5.41) is 0. The molecule has 0 unspecified atom stereocenters. The van der Waals surface area contributed by atoms with Crippen LogP contribution in [0, 0.1) is 0 Å². The van der Waals surface area contributed by atoms with E-state index in [-0.39, 0.29) is 18.4 Å². The highest BCUT2D eigenvalue weighted by molar-refractivity contribution is 5.70. The lowest BCUT2D eigenvalue weighted by Crippen LogP contribution is -2.17. The molecule has 0 aliphatic carbocycles. The molecule has 0 aliphatic heterocycles. The maximum absolute atomic E-state index is 11.3. The van der Waals surface area contributed by atoms with Crippen LogP contribution < -0.4 is 5.73 Å². The van der Waals surface area contributed by atoms with E-state index in [1.165, 1.54) is 5.56 Å². The fourth-order valence-corrected chi connectivity index (χ4v) is 1.67. The van der Waals surface area contributed by atoms with Crippen LogP contribution in [0.5, 0.6) is 0 Å². The average molecular weight is 235 g/mol. The quantitative estimate of drug-likeness (QED) is 0.798. The van der Waals surface area contributed by atoms with Crippen LogP contribution in [0.25, 0.3) is 0 Å². The fourth-order valence-electron chi connectivity index (χ4n) is 1.67. The average Bonchev–Trinajstić information content (AvgIpc) is 2.29. The molecule has 1 rings (SSSR count). The number of carbonyl (C=O) groups is 1. The summed E-state index contributed by atoms with van der Waals surface area (Å²) in [6.45, 7) is 6.46. The van der Waals surface area contributed by atoms with Crippen molar-refractivity contribution in [3.63, 3.8) is 0 Å². The highest BCUT2D eigenvalue weighted by Gasteiger charge is 2.13. The number of benzene rings is 1. The molecule has 3 heteroatoms. The summed E-state index contributed by atoms with van der Waals surface area (Å²) in [5.41, 5.74) is 8.22. The molecule has 0 saturated heterocycles. The number of hydrogen-bond acceptors (Lipinski definition) is 3. The van der Waals surface area contributed by atoms with Gasteiger partial charge in [-0.2, -0.15) is 0 Å². The lowest BCUT2D eigenvalue weighted by Gasteiger charge is -2.13. The molecule has 94 valence electrons. The molecular weight excluding hydrogens is 214 g/mol. The molecule has 1 atom stereocenters. The normalized spacial score (nSPS) is 12.5. The Balaban J connectivity index is 2.71. The second-order valence-electron chi connectivity index (χ2n) is 4.44. The molecule has 0 aromatic heterocycles. The smallest absolute Gasteiger partial charge is 0.307 e.